The minimum atomic E-state index is -4.13. The zero-order valence-electron chi connectivity index (χ0n) is 23.8. The molecule has 0 aliphatic carbocycles. The number of carbonyl (C=O) groups excluding carboxylic acids is 2. The Bertz CT molecular complexity index is 1390. The quantitative estimate of drug-likeness (QED) is 0.317. The lowest BCUT2D eigenvalue weighted by molar-refractivity contribution is -0.140. The second-order valence-corrected chi connectivity index (χ2v) is 11.6. The summed E-state index contributed by atoms with van der Waals surface area (Å²) in [6.45, 7) is 7.34. The van der Waals surface area contributed by atoms with Gasteiger partial charge in [-0.1, -0.05) is 62.4 Å². The van der Waals surface area contributed by atoms with Crippen molar-refractivity contribution in [3.63, 3.8) is 0 Å². The van der Waals surface area contributed by atoms with Gasteiger partial charge in [0.15, 0.2) is 0 Å². The molecule has 0 saturated heterocycles. The number of aryl methyl sites for hydroxylation is 1. The number of sulfonamides is 1. The van der Waals surface area contributed by atoms with Crippen molar-refractivity contribution in [3.05, 3.63) is 90.0 Å². The summed E-state index contributed by atoms with van der Waals surface area (Å²) in [5.74, 6) is -0.302. The van der Waals surface area contributed by atoms with Gasteiger partial charge in [-0.2, -0.15) is 0 Å². The second-order valence-electron chi connectivity index (χ2n) is 9.72. The number of carbonyl (C=O) groups is 2. The van der Waals surface area contributed by atoms with Crippen LogP contribution in [0.15, 0.2) is 83.8 Å². The van der Waals surface area contributed by atoms with E-state index in [1.165, 1.54) is 24.1 Å². The SMILES string of the molecule is CC[C@H](C)NC(=O)[C@H](CC)N(Cc1ccccc1C)C(=O)CN(c1cccc(OC)c1)S(=O)(=O)c1ccccc1. The maximum absolute atomic E-state index is 14.1. The smallest absolute Gasteiger partial charge is 0.264 e. The van der Waals surface area contributed by atoms with E-state index in [-0.39, 0.29) is 29.1 Å². The van der Waals surface area contributed by atoms with Crippen molar-refractivity contribution in [1.82, 2.24) is 10.2 Å². The molecule has 0 aromatic heterocycles. The first-order valence-corrected chi connectivity index (χ1v) is 14.9. The Morgan fingerprint density at radius 1 is 0.925 bits per heavy atom. The molecule has 0 unspecified atom stereocenters. The number of methoxy groups -OCH3 is 1. The lowest BCUT2D eigenvalue weighted by Crippen LogP contribution is -2.53. The molecule has 3 rings (SSSR count). The molecule has 3 aromatic rings. The molecule has 0 radical (unpaired) electrons. The normalized spacial score (nSPS) is 12.7. The number of anilines is 1. The van der Waals surface area contributed by atoms with Crippen molar-refractivity contribution >= 4 is 27.5 Å². The van der Waals surface area contributed by atoms with Crippen LogP contribution in [0.5, 0.6) is 5.75 Å². The van der Waals surface area contributed by atoms with Gasteiger partial charge in [0, 0.05) is 18.7 Å². The average molecular weight is 566 g/mol. The topological polar surface area (TPSA) is 96.0 Å². The highest BCUT2D eigenvalue weighted by Crippen LogP contribution is 2.28. The Morgan fingerprint density at radius 2 is 1.60 bits per heavy atom. The fourth-order valence-corrected chi connectivity index (χ4v) is 5.77. The summed E-state index contributed by atoms with van der Waals surface area (Å²) in [6.07, 6.45) is 1.11. The molecular weight excluding hydrogens is 526 g/mol. The maximum atomic E-state index is 14.1. The summed E-state index contributed by atoms with van der Waals surface area (Å²) in [7, 11) is -2.64. The Balaban J connectivity index is 2.08. The van der Waals surface area contributed by atoms with E-state index in [0.29, 0.717) is 12.2 Å². The van der Waals surface area contributed by atoms with Gasteiger partial charge in [-0.15, -0.1) is 0 Å². The van der Waals surface area contributed by atoms with E-state index >= 15 is 0 Å². The van der Waals surface area contributed by atoms with Crippen LogP contribution in [0.25, 0.3) is 0 Å². The number of amides is 2. The van der Waals surface area contributed by atoms with E-state index in [4.69, 9.17) is 4.74 Å². The minimum Gasteiger partial charge on any atom is -0.497 e. The molecule has 8 nitrogen and oxygen atoms in total. The summed E-state index contributed by atoms with van der Waals surface area (Å²) in [4.78, 5) is 29.1. The predicted molar refractivity (Wildman–Crippen MR) is 158 cm³/mol. The minimum absolute atomic E-state index is 0.0534. The van der Waals surface area contributed by atoms with E-state index in [0.717, 1.165) is 21.9 Å². The third kappa shape index (κ3) is 7.41. The zero-order valence-corrected chi connectivity index (χ0v) is 24.6. The summed E-state index contributed by atoms with van der Waals surface area (Å²) in [5.41, 5.74) is 2.13. The van der Waals surface area contributed by atoms with Gasteiger partial charge in [-0.25, -0.2) is 8.42 Å². The molecule has 214 valence electrons. The average Bonchev–Trinajstić information content (AvgIpc) is 2.96. The van der Waals surface area contributed by atoms with Crippen LogP contribution in [0, 0.1) is 6.92 Å². The van der Waals surface area contributed by atoms with E-state index < -0.39 is 28.5 Å². The van der Waals surface area contributed by atoms with Gasteiger partial charge in [-0.05, 0) is 62.1 Å². The third-order valence-electron chi connectivity index (χ3n) is 6.94. The molecule has 0 heterocycles. The Hall–Kier alpha value is -3.85. The largest absolute Gasteiger partial charge is 0.497 e. The lowest BCUT2D eigenvalue weighted by Gasteiger charge is -2.34. The highest BCUT2D eigenvalue weighted by molar-refractivity contribution is 7.92. The lowest BCUT2D eigenvalue weighted by atomic mass is 10.1. The highest BCUT2D eigenvalue weighted by atomic mass is 32.2. The van der Waals surface area contributed by atoms with Crippen LogP contribution in [0.3, 0.4) is 0 Å². The fourth-order valence-electron chi connectivity index (χ4n) is 4.35. The second kappa shape index (κ2) is 14.0. The zero-order chi connectivity index (χ0) is 29.3. The Kier molecular flexibility index (Phi) is 10.7. The van der Waals surface area contributed by atoms with Gasteiger partial charge in [-0.3, -0.25) is 13.9 Å². The van der Waals surface area contributed by atoms with Crippen molar-refractivity contribution in [2.24, 2.45) is 0 Å². The number of nitrogens with zero attached hydrogens (tertiary/aromatic N) is 2. The number of benzene rings is 3. The molecule has 9 heteroatoms. The van der Waals surface area contributed by atoms with Crippen LogP contribution in [-0.2, 0) is 26.2 Å². The van der Waals surface area contributed by atoms with Crippen LogP contribution < -0.4 is 14.4 Å². The van der Waals surface area contributed by atoms with Crippen molar-refractivity contribution in [1.29, 1.82) is 0 Å². The van der Waals surface area contributed by atoms with Crippen molar-refractivity contribution < 1.29 is 22.7 Å². The Labute approximate surface area is 238 Å². The van der Waals surface area contributed by atoms with Crippen LogP contribution in [0.4, 0.5) is 5.69 Å². The molecule has 0 saturated carbocycles. The van der Waals surface area contributed by atoms with Crippen LogP contribution in [0.1, 0.15) is 44.7 Å². The molecule has 40 heavy (non-hydrogen) atoms. The number of ether oxygens (including phenoxy) is 1. The highest BCUT2D eigenvalue weighted by Gasteiger charge is 2.34. The van der Waals surface area contributed by atoms with Gasteiger partial charge in [0.25, 0.3) is 10.0 Å². The van der Waals surface area contributed by atoms with Crippen LogP contribution >= 0.6 is 0 Å². The predicted octanol–water partition coefficient (Wildman–Crippen LogP) is 4.92. The Morgan fingerprint density at radius 3 is 2.23 bits per heavy atom. The molecule has 0 aliphatic rings. The molecule has 0 fully saturated rings. The first-order chi connectivity index (χ1) is 19.1. The van der Waals surface area contributed by atoms with E-state index in [1.54, 1.807) is 42.5 Å². The van der Waals surface area contributed by atoms with Gasteiger partial charge in [0.05, 0.1) is 17.7 Å². The third-order valence-corrected chi connectivity index (χ3v) is 8.73. The van der Waals surface area contributed by atoms with Gasteiger partial charge < -0.3 is 15.0 Å². The molecule has 2 atom stereocenters. The number of nitrogens with one attached hydrogen (secondary N) is 1. The first-order valence-electron chi connectivity index (χ1n) is 13.5. The standard InChI is InChI=1S/C31H39N3O5S/c1-6-24(4)32-31(36)29(7-2)33(21-25-15-12-11-14-23(25)3)30(35)22-34(26-16-13-17-27(20-26)39-5)40(37,38)28-18-9-8-10-19-28/h8-20,24,29H,6-7,21-22H2,1-5H3,(H,32,36)/t24-,29-/m0/s1. The van der Waals surface area contributed by atoms with E-state index in [2.05, 4.69) is 5.32 Å². The molecule has 0 aliphatic heterocycles. The number of rotatable bonds is 13. The number of hydrogen-bond donors (Lipinski definition) is 1. The molecule has 2 amide bonds. The maximum Gasteiger partial charge on any atom is 0.264 e. The summed E-state index contributed by atoms with van der Waals surface area (Å²) in [5, 5.41) is 2.99. The fraction of sp³-hybridized carbons (Fsp3) is 0.355. The van der Waals surface area contributed by atoms with Crippen molar-refractivity contribution in [2.75, 3.05) is 18.0 Å². The van der Waals surface area contributed by atoms with Gasteiger partial charge in [0.2, 0.25) is 11.8 Å². The number of hydrogen-bond acceptors (Lipinski definition) is 5. The van der Waals surface area contributed by atoms with Crippen LogP contribution in [0.2, 0.25) is 0 Å². The van der Waals surface area contributed by atoms with Gasteiger partial charge in [0.1, 0.15) is 18.3 Å². The first kappa shape index (κ1) is 30.7. The molecule has 1 N–H and O–H groups in total. The molecule has 3 aromatic carbocycles. The molecule has 0 bridgehead atoms. The molecular formula is C31H39N3O5S. The summed E-state index contributed by atoms with van der Waals surface area (Å²) < 4.78 is 34.2. The summed E-state index contributed by atoms with van der Waals surface area (Å²) >= 11 is 0. The van der Waals surface area contributed by atoms with Crippen molar-refractivity contribution in [2.45, 2.75) is 64.1 Å². The van der Waals surface area contributed by atoms with E-state index in [1.807, 2.05) is 52.0 Å². The van der Waals surface area contributed by atoms with Crippen molar-refractivity contribution in [3.8, 4) is 5.75 Å². The summed E-state index contributed by atoms with van der Waals surface area (Å²) in [6, 6.07) is 21.4. The van der Waals surface area contributed by atoms with Crippen LogP contribution in [-0.4, -0.2) is 50.9 Å². The monoisotopic (exact) mass is 565 g/mol. The van der Waals surface area contributed by atoms with E-state index in [9.17, 15) is 18.0 Å². The molecule has 0 spiro atoms. The van der Waals surface area contributed by atoms with Gasteiger partial charge >= 0.3 is 0 Å².